The van der Waals surface area contributed by atoms with Crippen molar-refractivity contribution in [3.63, 3.8) is 0 Å². The van der Waals surface area contributed by atoms with E-state index < -0.39 is 0 Å². The lowest BCUT2D eigenvalue weighted by Crippen LogP contribution is -2.39. The van der Waals surface area contributed by atoms with E-state index >= 15 is 0 Å². The van der Waals surface area contributed by atoms with Gasteiger partial charge in [0.2, 0.25) is 5.91 Å². The Morgan fingerprint density at radius 2 is 1.91 bits per heavy atom. The van der Waals surface area contributed by atoms with Crippen LogP contribution in [0.5, 0.6) is 0 Å². The Hall–Kier alpha value is -2.70. The monoisotopic (exact) mass is 299 g/mol. The van der Waals surface area contributed by atoms with Crippen LogP contribution in [0.25, 0.3) is 0 Å². The van der Waals surface area contributed by atoms with E-state index in [1.807, 2.05) is 6.07 Å². The predicted octanol–water partition coefficient (Wildman–Crippen LogP) is 0.482. The summed E-state index contributed by atoms with van der Waals surface area (Å²) < 4.78 is 0. The van der Waals surface area contributed by atoms with Crippen LogP contribution in [0.2, 0.25) is 0 Å². The van der Waals surface area contributed by atoms with E-state index in [0.29, 0.717) is 18.7 Å². The molecule has 1 aliphatic heterocycles. The van der Waals surface area contributed by atoms with Crippen molar-refractivity contribution >= 4 is 11.8 Å². The maximum atomic E-state index is 12.2. The molecule has 1 aromatic heterocycles. The van der Waals surface area contributed by atoms with Gasteiger partial charge in [-0.15, -0.1) is 0 Å². The maximum absolute atomic E-state index is 12.2. The van der Waals surface area contributed by atoms with Crippen molar-refractivity contribution in [2.24, 2.45) is 0 Å². The van der Waals surface area contributed by atoms with Crippen molar-refractivity contribution in [3.8, 4) is 0 Å². The quantitative estimate of drug-likeness (QED) is 0.890. The molecule has 3 rings (SSSR count). The zero-order valence-corrected chi connectivity index (χ0v) is 12.1. The highest BCUT2D eigenvalue weighted by molar-refractivity contribution is 5.96. The van der Waals surface area contributed by atoms with E-state index in [1.54, 1.807) is 46.4 Å². The minimum atomic E-state index is -0.238. The third kappa shape index (κ3) is 3.13. The van der Waals surface area contributed by atoms with Crippen LogP contribution in [-0.2, 0) is 4.79 Å². The molecule has 2 aromatic rings. The Balaban J connectivity index is 1.50. The fourth-order valence-electron chi connectivity index (χ4n) is 2.53. The molecular weight excluding hydrogens is 282 g/mol. The second kappa shape index (κ2) is 6.38. The summed E-state index contributed by atoms with van der Waals surface area (Å²) in [6.45, 7) is 1.24. The fourth-order valence-corrected chi connectivity index (χ4v) is 2.53. The molecular formula is C15H17N5O2. The standard InChI is InChI=1S/C15H17N5O2/c21-14(10-16-15(22)12-4-2-1-3-5-12)19-9-6-13(11-19)20-17-7-8-18-20/h1-5,7-8,13H,6,9-11H2,(H,16,22)/t13-/m0/s1. The van der Waals surface area contributed by atoms with Crippen molar-refractivity contribution in [2.45, 2.75) is 12.5 Å². The average Bonchev–Trinajstić information content (AvgIpc) is 3.23. The van der Waals surface area contributed by atoms with Crippen LogP contribution >= 0.6 is 0 Å². The molecule has 7 nitrogen and oxygen atoms in total. The lowest BCUT2D eigenvalue weighted by Gasteiger charge is -2.16. The van der Waals surface area contributed by atoms with Gasteiger partial charge in [0.05, 0.1) is 25.0 Å². The van der Waals surface area contributed by atoms with E-state index in [-0.39, 0.29) is 24.4 Å². The number of hydrogen-bond donors (Lipinski definition) is 1. The molecule has 7 heteroatoms. The molecule has 2 heterocycles. The lowest BCUT2D eigenvalue weighted by atomic mass is 10.2. The van der Waals surface area contributed by atoms with Crippen molar-refractivity contribution in [1.29, 1.82) is 0 Å². The van der Waals surface area contributed by atoms with Crippen LogP contribution in [-0.4, -0.2) is 51.3 Å². The van der Waals surface area contributed by atoms with Gasteiger partial charge in [-0.05, 0) is 18.6 Å². The third-order valence-electron chi connectivity index (χ3n) is 3.72. The number of benzene rings is 1. The molecule has 0 bridgehead atoms. The van der Waals surface area contributed by atoms with Crippen LogP contribution in [0.1, 0.15) is 22.8 Å². The first-order valence-electron chi connectivity index (χ1n) is 7.21. The van der Waals surface area contributed by atoms with E-state index in [9.17, 15) is 9.59 Å². The summed E-state index contributed by atoms with van der Waals surface area (Å²) in [5.41, 5.74) is 0.551. The summed E-state index contributed by atoms with van der Waals surface area (Å²) in [6.07, 6.45) is 4.09. The van der Waals surface area contributed by atoms with Gasteiger partial charge in [-0.25, -0.2) is 0 Å². The Bertz CT molecular complexity index is 641. The van der Waals surface area contributed by atoms with Crippen molar-refractivity contribution < 1.29 is 9.59 Å². The van der Waals surface area contributed by atoms with Crippen LogP contribution in [0.4, 0.5) is 0 Å². The van der Waals surface area contributed by atoms with Crippen molar-refractivity contribution in [3.05, 3.63) is 48.3 Å². The van der Waals surface area contributed by atoms with Crippen molar-refractivity contribution in [2.75, 3.05) is 19.6 Å². The largest absolute Gasteiger partial charge is 0.343 e. The summed E-state index contributed by atoms with van der Waals surface area (Å²) >= 11 is 0. The zero-order chi connectivity index (χ0) is 15.4. The van der Waals surface area contributed by atoms with Crippen LogP contribution in [0.3, 0.4) is 0 Å². The van der Waals surface area contributed by atoms with Gasteiger partial charge >= 0.3 is 0 Å². The first-order chi connectivity index (χ1) is 10.7. The molecule has 1 aromatic carbocycles. The number of amides is 2. The molecule has 2 amide bonds. The lowest BCUT2D eigenvalue weighted by molar-refractivity contribution is -0.129. The van der Waals surface area contributed by atoms with Gasteiger partial charge in [0.25, 0.3) is 5.91 Å². The van der Waals surface area contributed by atoms with Gasteiger partial charge < -0.3 is 10.2 Å². The predicted molar refractivity (Wildman–Crippen MR) is 79.0 cm³/mol. The van der Waals surface area contributed by atoms with E-state index in [4.69, 9.17) is 0 Å². The second-order valence-corrected chi connectivity index (χ2v) is 5.18. The molecule has 0 saturated carbocycles. The molecule has 1 N–H and O–H groups in total. The molecule has 0 aliphatic carbocycles. The number of nitrogens with one attached hydrogen (secondary N) is 1. The molecule has 0 spiro atoms. The van der Waals surface area contributed by atoms with Crippen molar-refractivity contribution in [1.82, 2.24) is 25.2 Å². The maximum Gasteiger partial charge on any atom is 0.251 e. The number of carbonyl (C=O) groups is 2. The number of hydrogen-bond acceptors (Lipinski definition) is 4. The Morgan fingerprint density at radius 3 is 2.64 bits per heavy atom. The highest BCUT2D eigenvalue weighted by Gasteiger charge is 2.28. The van der Waals surface area contributed by atoms with Gasteiger partial charge in [0.15, 0.2) is 0 Å². The molecule has 1 aliphatic rings. The second-order valence-electron chi connectivity index (χ2n) is 5.18. The van der Waals surface area contributed by atoms with Crippen LogP contribution in [0, 0.1) is 0 Å². The highest BCUT2D eigenvalue weighted by atomic mass is 16.2. The smallest absolute Gasteiger partial charge is 0.251 e. The number of carbonyl (C=O) groups excluding carboxylic acids is 2. The zero-order valence-electron chi connectivity index (χ0n) is 12.1. The molecule has 114 valence electrons. The summed E-state index contributed by atoms with van der Waals surface area (Å²) in [4.78, 5) is 27.4. The summed E-state index contributed by atoms with van der Waals surface area (Å²) in [6, 6.07) is 8.97. The number of aromatic nitrogens is 3. The molecule has 1 saturated heterocycles. The minimum Gasteiger partial charge on any atom is -0.343 e. The Labute approximate surface area is 127 Å². The normalized spacial score (nSPS) is 17.5. The molecule has 0 unspecified atom stereocenters. The number of likely N-dealkylation sites (tertiary alicyclic amines) is 1. The van der Waals surface area contributed by atoms with Gasteiger partial charge in [-0.2, -0.15) is 15.0 Å². The molecule has 1 fully saturated rings. The third-order valence-corrected chi connectivity index (χ3v) is 3.72. The number of rotatable bonds is 4. The average molecular weight is 299 g/mol. The molecule has 1 atom stereocenters. The Morgan fingerprint density at radius 1 is 1.18 bits per heavy atom. The number of nitrogens with zero attached hydrogens (tertiary/aromatic N) is 4. The van der Waals surface area contributed by atoms with Crippen LogP contribution < -0.4 is 5.32 Å². The van der Waals surface area contributed by atoms with E-state index in [1.165, 1.54) is 0 Å². The van der Waals surface area contributed by atoms with Crippen LogP contribution in [0.15, 0.2) is 42.7 Å². The van der Waals surface area contributed by atoms with Gasteiger partial charge in [-0.1, -0.05) is 18.2 Å². The SMILES string of the molecule is O=C(NCC(=O)N1CC[C@H](n2nccn2)C1)c1ccccc1. The molecule has 22 heavy (non-hydrogen) atoms. The topological polar surface area (TPSA) is 80.1 Å². The summed E-state index contributed by atoms with van der Waals surface area (Å²) in [5.74, 6) is -0.322. The summed E-state index contributed by atoms with van der Waals surface area (Å²) in [5, 5.41) is 10.9. The van der Waals surface area contributed by atoms with Gasteiger partial charge in [-0.3, -0.25) is 9.59 Å². The Kier molecular flexibility index (Phi) is 4.13. The first-order valence-corrected chi connectivity index (χ1v) is 7.21. The van der Waals surface area contributed by atoms with E-state index in [0.717, 1.165) is 6.42 Å². The minimum absolute atomic E-state index is 0.00693. The van der Waals surface area contributed by atoms with E-state index in [2.05, 4.69) is 15.5 Å². The molecule has 0 radical (unpaired) electrons. The summed E-state index contributed by atoms with van der Waals surface area (Å²) in [7, 11) is 0. The fraction of sp³-hybridized carbons (Fsp3) is 0.333. The highest BCUT2D eigenvalue weighted by Crippen LogP contribution is 2.19. The van der Waals surface area contributed by atoms with Gasteiger partial charge in [0, 0.05) is 18.7 Å². The first kappa shape index (κ1) is 14.2. The van der Waals surface area contributed by atoms with Gasteiger partial charge in [0.1, 0.15) is 0 Å².